The molecule has 3 aromatic heterocycles. The lowest BCUT2D eigenvalue weighted by Crippen LogP contribution is -1.94. The number of nitrogens with zero attached hydrogens (tertiary/aromatic N) is 3. The first-order chi connectivity index (χ1) is 8.25. The molecule has 0 aliphatic heterocycles. The predicted molar refractivity (Wildman–Crippen MR) is 70.5 cm³/mol. The number of rotatable bonds is 1. The molecule has 17 heavy (non-hydrogen) atoms. The molecule has 0 saturated carbocycles. The van der Waals surface area contributed by atoms with E-state index in [9.17, 15) is 0 Å². The zero-order chi connectivity index (χ0) is 11.8. The van der Waals surface area contributed by atoms with Crippen molar-refractivity contribution < 1.29 is 0 Å². The Labute approximate surface area is 106 Å². The van der Waals surface area contributed by atoms with E-state index in [0.29, 0.717) is 11.5 Å². The molecule has 0 saturated heterocycles. The number of halogens is 1. The van der Waals surface area contributed by atoms with Crippen LogP contribution in [0.25, 0.3) is 17.0 Å². The number of hydrogen-bond acceptors (Lipinski definition) is 3. The van der Waals surface area contributed by atoms with Crippen LogP contribution in [0, 0.1) is 0 Å². The molecule has 4 nitrogen and oxygen atoms in total. The molecule has 0 fully saturated rings. The lowest BCUT2D eigenvalue weighted by molar-refractivity contribution is 1.18. The summed E-state index contributed by atoms with van der Waals surface area (Å²) in [6.07, 6.45) is 3.62. The Morgan fingerprint density at radius 1 is 1.18 bits per heavy atom. The minimum atomic E-state index is 0.597. The molecule has 0 aromatic carbocycles. The van der Waals surface area contributed by atoms with E-state index in [1.54, 1.807) is 6.20 Å². The molecule has 3 rings (SSSR count). The van der Waals surface area contributed by atoms with Crippen LogP contribution in [0.15, 0.2) is 47.2 Å². The second-order valence-corrected chi connectivity index (χ2v) is 4.55. The van der Waals surface area contributed by atoms with E-state index in [0.717, 1.165) is 15.8 Å². The molecular formula is C12H9BrN4. The van der Waals surface area contributed by atoms with Crippen LogP contribution in [-0.4, -0.2) is 14.4 Å². The molecular weight excluding hydrogens is 280 g/mol. The van der Waals surface area contributed by atoms with Gasteiger partial charge in [-0.1, -0.05) is 6.07 Å². The summed E-state index contributed by atoms with van der Waals surface area (Å²) in [5.41, 5.74) is 8.38. The SMILES string of the molecule is Nc1c(-c2ccccn2)nc2ccc(Br)cn12. The third kappa shape index (κ3) is 1.68. The molecule has 0 amide bonds. The Bertz CT molecular complexity index is 676. The fraction of sp³-hybridized carbons (Fsp3) is 0. The number of imidazole rings is 1. The van der Waals surface area contributed by atoms with Crippen molar-refractivity contribution in [3.05, 3.63) is 47.2 Å². The number of fused-ring (bicyclic) bond motifs is 1. The molecule has 0 aliphatic carbocycles. The van der Waals surface area contributed by atoms with Gasteiger partial charge >= 0.3 is 0 Å². The molecule has 3 heterocycles. The highest BCUT2D eigenvalue weighted by Crippen LogP contribution is 2.25. The molecule has 0 aliphatic rings. The van der Waals surface area contributed by atoms with Crippen LogP contribution < -0.4 is 5.73 Å². The van der Waals surface area contributed by atoms with Gasteiger partial charge in [-0.2, -0.15) is 0 Å². The van der Waals surface area contributed by atoms with E-state index in [1.807, 2.05) is 40.9 Å². The third-order valence-electron chi connectivity index (χ3n) is 2.53. The van der Waals surface area contributed by atoms with Gasteiger partial charge in [-0.3, -0.25) is 9.38 Å². The quantitative estimate of drug-likeness (QED) is 0.749. The van der Waals surface area contributed by atoms with Gasteiger partial charge in [-0.15, -0.1) is 0 Å². The van der Waals surface area contributed by atoms with Gasteiger partial charge in [0.25, 0.3) is 0 Å². The van der Waals surface area contributed by atoms with Crippen LogP contribution in [-0.2, 0) is 0 Å². The lowest BCUT2D eigenvalue weighted by atomic mass is 10.3. The van der Waals surface area contributed by atoms with Crippen LogP contribution in [0.2, 0.25) is 0 Å². The average Bonchev–Trinajstić information content (AvgIpc) is 2.68. The molecule has 3 aromatic rings. The largest absolute Gasteiger partial charge is 0.383 e. The summed E-state index contributed by atoms with van der Waals surface area (Å²) in [5, 5.41) is 0. The summed E-state index contributed by atoms with van der Waals surface area (Å²) in [5.74, 6) is 0.597. The maximum absolute atomic E-state index is 6.08. The summed E-state index contributed by atoms with van der Waals surface area (Å²) in [4.78, 5) is 8.74. The van der Waals surface area contributed by atoms with Crippen LogP contribution in [0.4, 0.5) is 5.82 Å². The first kappa shape index (κ1) is 10.3. The Kier molecular flexibility index (Phi) is 2.33. The number of nitrogen functional groups attached to an aromatic ring is 1. The number of hydrogen-bond donors (Lipinski definition) is 1. The highest BCUT2D eigenvalue weighted by atomic mass is 79.9. The van der Waals surface area contributed by atoms with Crippen LogP contribution in [0.1, 0.15) is 0 Å². The molecule has 0 atom stereocenters. The van der Waals surface area contributed by atoms with Gasteiger partial charge < -0.3 is 5.73 Å². The van der Waals surface area contributed by atoms with E-state index in [1.165, 1.54) is 0 Å². The van der Waals surface area contributed by atoms with E-state index in [2.05, 4.69) is 25.9 Å². The van der Waals surface area contributed by atoms with Gasteiger partial charge in [-0.25, -0.2) is 4.98 Å². The van der Waals surface area contributed by atoms with Gasteiger partial charge in [0, 0.05) is 16.9 Å². The fourth-order valence-electron chi connectivity index (χ4n) is 1.73. The van der Waals surface area contributed by atoms with Crippen molar-refractivity contribution in [3.63, 3.8) is 0 Å². The Morgan fingerprint density at radius 3 is 2.82 bits per heavy atom. The van der Waals surface area contributed by atoms with Gasteiger partial charge in [0.1, 0.15) is 17.2 Å². The molecule has 84 valence electrons. The monoisotopic (exact) mass is 288 g/mol. The van der Waals surface area contributed by atoms with E-state index in [-0.39, 0.29) is 0 Å². The predicted octanol–water partition coefficient (Wildman–Crippen LogP) is 2.74. The fourth-order valence-corrected chi connectivity index (χ4v) is 2.07. The summed E-state index contributed by atoms with van der Waals surface area (Å²) in [6.45, 7) is 0. The summed E-state index contributed by atoms with van der Waals surface area (Å²) in [7, 11) is 0. The van der Waals surface area contributed by atoms with E-state index >= 15 is 0 Å². The number of aromatic nitrogens is 3. The van der Waals surface area contributed by atoms with Crippen LogP contribution >= 0.6 is 15.9 Å². The smallest absolute Gasteiger partial charge is 0.139 e. The van der Waals surface area contributed by atoms with Gasteiger partial charge in [0.15, 0.2) is 0 Å². The van der Waals surface area contributed by atoms with Crippen molar-refractivity contribution in [2.75, 3.05) is 5.73 Å². The normalized spacial score (nSPS) is 10.9. The second kappa shape index (κ2) is 3.85. The Morgan fingerprint density at radius 2 is 2.06 bits per heavy atom. The van der Waals surface area contributed by atoms with E-state index < -0.39 is 0 Å². The van der Waals surface area contributed by atoms with Crippen molar-refractivity contribution >= 4 is 27.4 Å². The van der Waals surface area contributed by atoms with Gasteiger partial charge in [0.2, 0.25) is 0 Å². The van der Waals surface area contributed by atoms with E-state index in [4.69, 9.17) is 5.73 Å². The van der Waals surface area contributed by atoms with Gasteiger partial charge in [-0.05, 0) is 40.2 Å². The number of anilines is 1. The molecule has 2 N–H and O–H groups in total. The maximum Gasteiger partial charge on any atom is 0.139 e. The second-order valence-electron chi connectivity index (χ2n) is 3.64. The van der Waals surface area contributed by atoms with Crippen LogP contribution in [0.5, 0.6) is 0 Å². The standard InChI is InChI=1S/C12H9BrN4/c13-8-4-5-10-16-11(12(14)17(10)7-8)9-3-1-2-6-15-9/h1-7H,14H2. The van der Waals surface area contributed by atoms with Crippen molar-refractivity contribution in [2.45, 2.75) is 0 Å². The molecule has 0 unspecified atom stereocenters. The number of nitrogens with two attached hydrogens (primary N) is 1. The Hall–Kier alpha value is -1.88. The minimum Gasteiger partial charge on any atom is -0.383 e. The summed E-state index contributed by atoms with van der Waals surface area (Å²) >= 11 is 3.41. The Balaban J connectivity index is 2.28. The first-order valence-electron chi connectivity index (χ1n) is 5.10. The molecule has 0 radical (unpaired) electrons. The number of pyridine rings is 2. The molecule has 0 bridgehead atoms. The lowest BCUT2D eigenvalue weighted by Gasteiger charge is -1.98. The topological polar surface area (TPSA) is 56.2 Å². The van der Waals surface area contributed by atoms with Crippen molar-refractivity contribution in [1.29, 1.82) is 0 Å². The summed E-state index contributed by atoms with van der Waals surface area (Å²) < 4.78 is 2.80. The van der Waals surface area contributed by atoms with Crippen molar-refractivity contribution in [2.24, 2.45) is 0 Å². The first-order valence-corrected chi connectivity index (χ1v) is 5.89. The average molecular weight is 289 g/mol. The van der Waals surface area contributed by atoms with Gasteiger partial charge in [0.05, 0.1) is 5.69 Å². The molecule has 5 heteroatoms. The zero-order valence-electron chi connectivity index (χ0n) is 8.84. The minimum absolute atomic E-state index is 0.597. The highest BCUT2D eigenvalue weighted by molar-refractivity contribution is 9.10. The zero-order valence-corrected chi connectivity index (χ0v) is 10.4. The highest BCUT2D eigenvalue weighted by Gasteiger charge is 2.11. The van der Waals surface area contributed by atoms with Crippen LogP contribution in [0.3, 0.4) is 0 Å². The van der Waals surface area contributed by atoms with Crippen molar-refractivity contribution in [1.82, 2.24) is 14.4 Å². The summed E-state index contributed by atoms with van der Waals surface area (Å²) in [6, 6.07) is 9.53. The molecule has 0 spiro atoms. The maximum atomic E-state index is 6.08. The van der Waals surface area contributed by atoms with Crippen molar-refractivity contribution in [3.8, 4) is 11.4 Å². The third-order valence-corrected chi connectivity index (χ3v) is 3.00.